The molecule has 0 radical (unpaired) electrons. The van der Waals surface area contributed by atoms with Crippen molar-refractivity contribution >= 4 is 28.7 Å². The number of esters is 1. The van der Waals surface area contributed by atoms with Crippen LogP contribution in [-0.2, 0) is 21.6 Å². The molecule has 6 nitrogen and oxygen atoms in total. The summed E-state index contributed by atoms with van der Waals surface area (Å²) in [5.74, 6) is -0.800. The Kier molecular flexibility index (Phi) is 4.54. The highest BCUT2D eigenvalue weighted by molar-refractivity contribution is 6.07. The van der Waals surface area contributed by atoms with Gasteiger partial charge >= 0.3 is 12.0 Å². The molecule has 0 saturated carbocycles. The SMILES string of the molecule is COC(=O)c1cccc(CN2C(=O)N[C@](C)(c3ccc4ccccc4c3)C2=O)c1. The third-order valence-corrected chi connectivity index (χ3v) is 5.29. The summed E-state index contributed by atoms with van der Waals surface area (Å²) in [6.07, 6.45) is 0. The fraction of sp³-hybridized carbons (Fsp3) is 0.174. The van der Waals surface area contributed by atoms with Crippen LogP contribution in [0.3, 0.4) is 0 Å². The molecule has 29 heavy (non-hydrogen) atoms. The smallest absolute Gasteiger partial charge is 0.337 e. The Hall–Kier alpha value is -3.67. The molecule has 0 bridgehead atoms. The topological polar surface area (TPSA) is 75.7 Å². The number of nitrogens with zero attached hydrogens (tertiary/aromatic N) is 1. The maximum absolute atomic E-state index is 13.2. The molecular formula is C23H20N2O4. The van der Waals surface area contributed by atoms with Crippen LogP contribution in [0.5, 0.6) is 0 Å². The first-order valence-electron chi connectivity index (χ1n) is 9.23. The Balaban J connectivity index is 1.63. The van der Waals surface area contributed by atoms with Gasteiger partial charge < -0.3 is 10.1 Å². The average molecular weight is 388 g/mol. The molecule has 1 aliphatic rings. The van der Waals surface area contributed by atoms with Gasteiger partial charge in [0.25, 0.3) is 5.91 Å². The number of methoxy groups -OCH3 is 1. The summed E-state index contributed by atoms with van der Waals surface area (Å²) >= 11 is 0. The van der Waals surface area contributed by atoms with Gasteiger partial charge in [0, 0.05) is 0 Å². The number of ether oxygens (including phenoxy) is 1. The van der Waals surface area contributed by atoms with Crippen LogP contribution < -0.4 is 5.32 Å². The largest absolute Gasteiger partial charge is 0.465 e. The van der Waals surface area contributed by atoms with Crippen LogP contribution in [0.2, 0.25) is 0 Å². The first-order chi connectivity index (χ1) is 13.9. The van der Waals surface area contributed by atoms with Gasteiger partial charge in [-0.3, -0.25) is 9.69 Å². The van der Waals surface area contributed by atoms with E-state index >= 15 is 0 Å². The van der Waals surface area contributed by atoms with Crippen molar-refractivity contribution < 1.29 is 19.1 Å². The third kappa shape index (κ3) is 3.23. The molecule has 6 heteroatoms. The quantitative estimate of drug-likeness (QED) is 0.547. The van der Waals surface area contributed by atoms with Crippen LogP contribution >= 0.6 is 0 Å². The van der Waals surface area contributed by atoms with Gasteiger partial charge in [0.1, 0.15) is 5.54 Å². The molecule has 146 valence electrons. The zero-order valence-corrected chi connectivity index (χ0v) is 16.1. The third-order valence-electron chi connectivity index (χ3n) is 5.29. The fourth-order valence-electron chi connectivity index (χ4n) is 3.63. The van der Waals surface area contributed by atoms with Crippen molar-refractivity contribution in [2.45, 2.75) is 19.0 Å². The highest BCUT2D eigenvalue weighted by Gasteiger charge is 2.48. The van der Waals surface area contributed by atoms with Gasteiger partial charge in [-0.05, 0) is 47.0 Å². The van der Waals surface area contributed by atoms with Crippen LogP contribution in [0.1, 0.15) is 28.4 Å². The second-order valence-corrected chi connectivity index (χ2v) is 7.20. The van der Waals surface area contributed by atoms with Crippen LogP contribution in [-0.4, -0.2) is 29.9 Å². The summed E-state index contributed by atoms with van der Waals surface area (Å²) in [4.78, 5) is 38.7. The molecule has 1 N–H and O–H groups in total. The number of hydrogen-bond acceptors (Lipinski definition) is 4. The summed E-state index contributed by atoms with van der Waals surface area (Å²) in [5.41, 5.74) is 0.606. The monoisotopic (exact) mass is 388 g/mol. The maximum Gasteiger partial charge on any atom is 0.337 e. The number of benzene rings is 3. The van der Waals surface area contributed by atoms with E-state index in [-0.39, 0.29) is 12.5 Å². The Morgan fingerprint density at radius 1 is 1.00 bits per heavy atom. The van der Waals surface area contributed by atoms with E-state index in [0.717, 1.165) is 16.3 Å². The lowest BCUT2D eigenvalue weighted by molar-refractivity contribution is -0.131. The van der Waals surface area contributed by atoms with Gasteiger partial charge in [-0.2, -0.15) is 0 Å². The molecule has 0 aliphatic carbocycles. The first kappa shape index (κ1) is 18.7. The average Bonchev–Trinajstić information content (AvgIpc) is 2.97. The van der Waals surface area contributed by atoms with Crippen LogP contribution in [0, 0.1) is 0 Å². The number of urea groups is 1. The number of carbonyl (C=O) groups is 3. The summed E-state index contributed by atoms with van der Waals surface area (Å²) < 4.78 is 4.73. The molecule has 4 rings (SSSR count). The zero-order valence-electron chi connectivity index (χ0n) is 16.1. The molecule has 1 heterocycles. The van der Waals surface area contributed by atoms with E-state index in [1.165, 1.54) is 12.0 Å². The molecule has 3 aromatic rings. The van der Waals surface area contributed by atoms with Crippen LogP contribution in [0.4, 0.5) is 4.79 Å². The summed E-state index contributed by atoms with van der Waals surface area (Å²) in [6.45, 7) is 1.78. The number of nitrogens with one attached hydrogen (secondary N) is 1. The van der Waals surface area contributed by atoms with Gasteiger partial charge in [0.2, 0.25) is 0 Å². The highest BCUT2D eigenvalue weighted by atomic mass is 16.5. The standard InChI is InChI=1S/C23H20N2O4/c1-23(19-11-10-16-7-3-4-8-17(16)13-19)21(27)25(22(28)24-23)14-15-6-5-9-18(12-15)20(26)29-2/h3-13H,14H2,1-2H3,(H,24,28)/t23-/m1/s1. The molecule has 1 fully saturated rings. The van der Waals surface area contributed by atoms with Crippen LogP contribution in [0.15, 0.2) is 66.7 Å². The minimum Gasteiger partial charge on any atom is -0.465 e. The molecule has 1 aliphatic heterocycles. The van der Waals surface area contributed by atoms with E-state index in [1.807, 2.05) is 42.5 Å². The van der Waals surface area contributed by atoms with Crippen molar-refractivity contribution in [1.82, 2.24) is 10.2 Å². The van der Waals surface area contributed by atoms with Gasteiger partial charge in [0.15, 0.2) is 0 Å². The predicted octanol–water partition coefficient (Wildman–Crippen LogP) is 3.59. The van der Waals surface area contributed by atoms with Crippen molar-refractivity contribution in [3.05, 3.63) is 83.4 Å². The van der Waals surface area contributed by atoms with Gasteiger partial charge in [-0.15, -0.1) is 0 Å². The molecule has 0 spiro atoms. The van der Waals surface area contributed by atoms with Gasteiger partial charge in [0.05, 0.1) is 19.2 Å². The van der Waals surface area contributed by atoms with Gasteiger partial charge in [-0.1, -0.05) is 48.5 Å². The summed E-state index contributed by atoms with van der Waals surface area (Å²) in [5, 5.41) is 4.89. The van der Waals surface area contributed by atoms with E-state index in [9.17, 15) is 14.4 Å². The molecule has 1 atom stereocenters. The molecule has 1 saturated heterocycles. The number of hydrogen-bond donors (Lipinski definition) is 1. The number of carbonyl (C=O) groups excluding carboxylic acids is 3. The fourth-order valence-corrected chi connectivity index (χ4v) is 3.63. The second kappa shape index (κ2) is 7.05. The molecule has 0 aromatic heterocycles. The van der Waals surface area contributed by atoms with E-state index in [2.05, 4.69) is 5.32 Å². The normalized spacial score (nSPS) is 18.8. The number of rotatable bonds is 4. The molecule has 0 unspecified atom stereocenters. The van der Waals surface area contributed by atoms with Crippen molar-refractivity contribution in [2.24, 2.45) is 0 Å². The predicted molar refractivity (Wildman–Crippen MR) is 108 cm³/mol. The van der Waals surface area contributed by atoms with E-state index in [4.69, 9.17) is 4.74 Å². The van der Waals surface area contributed by atoms with Crippen molar-refractivity contribution in [2.75, 3.05) is 7.11 Å². The molecule has 3 aromatic carbocycles. The maximum atomic E-state index is 13.2. The summed E-state index contributed by atoms with van der Waals surface area (Å²) in [6, 6.07) is 19.8. The van der Waals surface area contributed by atoms with Gasteiger partial charge in [-0.25, -0.2) is 9.59 Å². The zero-order chi connectivity index (χ0) is 20.6. The van der Waals surface area contributed by atoms with Crippen LogP contribution in [0.25, 0.3) is 10.8 Å². The lowest BCUT2D eigenvalue weighted by Crippen LogP contribution is -2.40. The Morgan fingerprint density at radius 3 is 2.52 bits per heavy atom. The van der Waals surface area contributed by atoms with Crippen molar-refractivity contribution in [1.29, 1.82) is 0 Å². The van der Waals surface area contributed by atoms with E-state index < -0.39 is 17.5 Å². The Morgan fingerprint density at radius 2 is 1.76 bits per heavy atom. The van der Waals surface area contributed by atoms with E-state index in [0.29, 0.717) is 11.1 Å². The number of amides is 3. The van der Waals surface area contributed by atoms with Crippen molar-refractivity contribution in [3.63, 3.8) is 0 Å². The highest BCUT2D eigenvalue weighted by Crippen LogP contribution is 2.31. The first-order valence-corrected chi connectivity index (χ1v) is 9.23. The minimum atomic E-state index is -1.15. The van der Waals surface area contributed by atoms with Crippen molar-refractivity contribution in [3.8, 4) is 0 Å². The Bertz CT molecular complexity index is 1140. The van der Waals surface area contributed by atoms with E-state index in [1.54, 1.807) is 31.2 Å². The number of imide groups is 1. The second-order valence-electron chi connectivity index (χ2n) is 7.20. The lowest BCUT2D eigenvalue weighted by atomic mass is 9.90. The summed E-state index contributed by atoms with van der Waals surface area (Å²) in [7, 11) is 1.31. The number of fused-ring (bicyclic) bond motifs is 1. The minimum absolute atomic E-state index is 0.0681. The lowest BCUT2D eigenvalue weighted by Gasteiger charge is -2.23. The molecule has 3 amide bonds. The Labute approximate surface area is 168 Å². The molecular weight excluding hydrogens is 368 g/mol.